The molecule has 4 nitrogen and oxygen atoms in total. The average molecular weight is 257 g/mol. The van der Waals surface area contributed by atoms with E-state index in [1.54, 1.807) is 29.8 Å². The van der Waals surface area contributed by atoms with E-state index in [1.165, 1.54) is 0 Å². The van der Waals surface area contributed by atoms with E-state index in [1.807, 2.05) is 23.6 Å². The highest BCUT2D eigenvalue weighted by Gasteiger charge is 2.06. The number of hydrogen-bond acceptors (Lipinski definition) is 5. The number of phenols is 1. The normalized spacial score (nSPS) is 10.7. The Kier molecular flexibility index (Phi) is 2.82. The molecule has 0 saturated heterocycles. The molecule has 0 bridgehead atoms. The van der Waals surface area contributed by atoms with Gasteiger partial charge >= 0.3 is 0 Å². The number of aromatic nitrogens is 2. The number of nitrogens with zero attached hydrogens (tertiary/aromatic N) is 2. The molecule has 0 aliphatic carbocycles. The number of rotatable bonds is 3. The maximum Gasteiger partial charge on any atom is 0.182 e. The number of fused-ring (bicyclic) bond motifs is 1. The summed E-state index contributed by atoms with van der Waals surface area (Å²) in [6.07, 6.45) is 3.45. The first-order valence-electron chi connectivity index (χ1n) is 5.53. The van der Waals surface area contributed by atoms with E-state index in [0.29, 0.717) is 12.1 Å². The van der Waals surface area contributed by atoms with Crippen LogP contribution in [-0.2, 0) is 6.54 Å². The molecular formula is C13H11N3OS. The fraction of sp³-hybridized carbons (Fsp3) is 0.0769. The smallest absolute Gasteiger partial charge is 0.182 e. The molecule has 0 amide bonds. The highest BCUT2D eigenvalue weighted by Crippen LogP contribution is 2.26. The van der Waals surface area contributed by atoms with Crippen molar-refractivity contribution in [2.75, 3.05) is 5.32 Å². The molecule has 0 atom stereocenters. The lowest BCUT2D eigenvalue weighted by atomic mass is 10.1. The van der Waals surface area contributed by atoms with Gasteiger partial charge in [0.15, 0.2) is 5.13 Å². The van der Waals surface area contributed by atoms with Crippen molar-refractivity contribution in [3.8, 4) is 5.75 Å². The van der Waals surface area contributed by atoms with Gasteiger partial charge in [-0.05, 0) is 17.7 Å². The van der Waals surface area contributed by atoms with Crippen LogP contribution in [0.2, 0.25) is 0 Å². The van der Waals surface area contributed by atoms with E-state index < -0.39 is 0 Å². The summed E-state index contributed by atoms with van der Waals surface area (Å²) in [5.74, 6) is 0.212. The number of benzene rings is 1. The number of aromatic hydroxyl groups is 1. The molecule has 0 spiro atoms. The van der Waals surface area contributed by atoms with Crippen LogP contribution in [-0.4, -0.2) is 15.1 Å². The third-order valence-corrected chi connectivity index (χ3v) is 3.43. The molecule has 18 heavy (non-hydrogen) atoms. The van der Waals surface area contributed by atoms with Gasteiger partial charge in [-0.15, -0.1) is 11.3 Å². The van der Waals surface area contributed by atoms with Gasteiger partial charge in [0.25, 0.3) is 0 Å². The molecule has 1 aromatic carbocycles. The number of phenolic OH excluding ortho intramolecular Hbond substituents is 1. The molecule has 5 heteroatoms. The molecule has 3 rings (SSSR count). The Bertz CT molecular complexity index is 667. The standard InChI is InChI=1S/C13H11N3OS/c17-11-4-3-9(8-16-13-15-6-7-18-13)10-2-1-5-14-12(10)11/h1-7,17H,8H2,(H,15,16). The van der Waals surface area contributed by atoms with E-state index in [0.717, 1.165) is 16.1 Å². The summed E-state index contributed by atoms with van der Waals surface area (Å²) in [6, 6.07) is 7.41. The van der Waals surface area contributed by atoms with Crippen LogP contribution in [0.5, 0.6) is 5.75 Å². The maximum absolute atomic E-state index is 9.75. The third-order valence-electron chi connectivity index (χ3n) is 2.70. The van der Waals surface area contributed by atoms with Crippen molar-refractivity contribution in [1.82, 2.24) is 9.97 Å². The molecule has 90 valence electrons. The SMILES string of the molecule is Oc1ccc(CNc2nccs2)c2cccnc12. The van der Waals surface area contributed by atoms with Crippen molar-refractivity contribution in [2.24, 2.45) is 0 Å². The molecule has 0 aliphatic heterocycles. The van der Waals surface area contributed by atoms with Gasteiger partial charge in [-0.25, -0.2) is 4.98 Å². The minimum absolute atomic E-state index is 0.212. The second-order valence-corrected chi connectivity index (χ2v) is 4.73. The van der Waals surface area contributed by atoms with Crippen LogP contribution in [0.3, 0.4) is 0 Å². The van der Waals surface area contributed by atoms with Crippen LogP contribution in [0.25, 0.3) is 10.9 Å². The average Bonchev–Trinajstić information content (AvgIpc) is 2.92. The Morgan fingerprint density at radius 2 is 2.11 bits per heavy atom. The van der Waals surface area contributed by atoms with Gasteiger partial charge in [-0.2, -0.15) is 0 Å². The molecule has 0 radical (unpaired) electrons. The zero-order chi connectivity index (χ0) is 12.4. The van der Waals surface area contributed by atoms with Crippen molar-refractivity contribution in [1.29, 1.82) is 0 Å². The molecule has 2 N–H and O–H groups in total. The monoisotopic (exact) mass is 257 g/mol. The zero-order valence-corrected chi connectivity index (χ0v) is 10.3. The summed E-state index contributed by atoms with van der Waals surface area (Å²) in [7, 11) is 0. The van der Waals surface area contributed by atoms with Crippen molar-refractivity contribution in [2.45, 2.75) is 6.54 Å². The molecule has 2 heterocycles. The maximum atomic E-state index is 9.75. The number of anilines is 1. The first kappa shape index (κ1) is 11.0. The van der Waals surface area contributed by atoms with Gasteiger partial charge in [0.1, 0.15) is 11.3 Å². The summed E-state index contributed by atoms with van der Waals surface area (Å²) in [4.78, 5) is 8.37. The summed E-state index contributed by atoms with van der Waals surface area (Å²) >= 11 is 1.56. The molecule has 0 fully saturated rings. The van der Waals surface area contributed by atoms with Gasteiger partial charge in [0.2, 0.25) is 0 Å². The Labute approximate surface area is 108 Å². The topological polar surface area (TPSA) is 58.0 Å². The molecule has 0 aliphatic rings. The van der Waals surface area contributed by atoms with Crippen molar-refractivity contribution in [3.05, 3.63) is 47.6 Å². The second kappa shape index (κ2) is 4.62. The van der Waals surface area contributed by atoms with E-state index in [-0.39, 0.29) is 5.75 Å². The highest BCUT2D eigenvalue weighted by atomic mass is 32.1. The minimum atomic E-state index is 0.212. The van der Waals surface area contributed by atoms with Crippen molar-refractivity contribution >= 4 is 27.4 Å². The predicted octanol–water partition coefficient (Wildman–Crippen LogP) is 3.01. The van der Waals surface area contributed by atoms with Gasteiger partial charge in [0.05, 0.1) is 0 Å². The van der Waals surface area contributed by atoms with Gasteiger partial charge in [-0.1, -0.05) is 12.1 Å². The van der Waals surface area contributed by atoms with E-state index in [4.69, 9.17) is 0 Å². The van der Waals surface area contributed by atoms with Crippen LogP contribution in [0.15, 0.2) is 42.0 Å². The third kappa shape index (κ3) is 2.00. The number of nitrogens with one attached hydrogen (secondary N) is 1. The molecule has 3 aromatic rings. The quantitative estimate of drug-likeness (QED) is 0.757. The molecule has 0 saturated carbocycles. The van der Waals surface area contributed by atoms with E-state index in [2.05, 4.69) is 15.3 Å². The Morgan fingerprint density at radius 3 is 2.94 bits per heavy atom. The van der Waals surface area contributed by atoms with Crippen LogP contribution in [0.1, 0.15) is 5.56 Å². The number of hydrogen-bond donors (Lipinski definition) is 2. The minimum Gasteiger partial charge on any atom is -0.506 e. The predicted molar refractivity (Wildman–Crippen MR) is 72.8 cm³/mol. The van der Waals surface area contributed by atoms with Gasteiger partial charge in [-0.3, -0.25) is 4.98 Å². The van der Waals surface area contributed by atoms with Crippen molar-refractivity contribution < 1.29 is 5.11 Å². The fourth-order valence-corrected chi connectivity index (χ4v) is 2.38. The summed E-state index contributed by atoms with van der Waals surface area (Å²) in [6.45, 7) is 0.663. The first-order valence-corrected chi connectivity index (χ1v) is 6.41. The van der Waals surface area contributed by atoms with Crippen LogP contribution >= 0.6 is 11.3 Å². The Hall–Kier alpha value is -2.14. The molecule has 0 unspecified atom stereocenters. The fourth-order valence-electron chi connectivity index (χ4n) is 1.85. The summed E-state index contributed by atoms with van der Waals surface area (Å²) < 4.78 is 0. The number of thiazole rings is 1. The van der Waals surface area contributed by atoms with E-state index >= 15 is 0 Å². The second-order valence-electron chi connectivity index (χ2n) is 3.83. The largest absolute Gasteiger partial charge is 0.506 e. The zero-order valence-electron chi connectivity index (χ0n) is 9.50. The van der Waals surface area contributed by atoms with Crippen LogP contribution < -0.4 is 5.32 Å². The van der Waals surface area contributed by atoms with Crippen LogP contribution in [0, 0.1) is 0 Å². The highest BCUT2D eigenvalue weighted by molar-refractivity contribution is 7.13. The van der Waals surface area contributed by atoms with Gasteiger partial charge < -0.3 is 10.4 Å². The lowest BCUT2D eigenvalue weighted by molar-refractivity contribution is 0.480. The lowest BCUT2D eigenvalue weighted by Gasteiger charge is -2.08. The molecular weight excluding hydrogens is 246 g/mol. The van der Waals surface area contributed by atoms with Gasteiger partial charge in [0, 0.05) is 29.7 Å². The first-order chi connectivity index (χ1) is 8.84. The van der Waals surface area contributed by atoms with E-state index in [9.17, 15) is 5.11 Å². The van der Waals surface area contributed by atoms with Crippen molar-refractivity contribution in [3.63, 3.8) is 0 Å². The molecule has 2 aromatic heterocycles. The Morgan fingerprint density at radius 1 is 1.17 bits per heavy atom. The summed E-state index contributed by atoms with van der Waals surface area (Å²) in [5.41, 5.74) is 1.72. The summed E-state index contributed by atoms with van der Waals surface area (Å²) in [5, 5.41) is 16.8. The van der Waals surface area contributed by atoms with Crippen LogP contribution in [0.4, 0.5) is 5.13 Å². The number of pyridine rings is 1. The Balaban J connectivity index is 1.94. The lowest BCUT2D eigenvalue weighted by Crippen LogP contribution is -1.99.